The van der Waals surface area contributed by atoms with Crippen molar-refractivity contribution in [2.45, 2.75) is 6.42 Å². The Kier molecular flexibility index (Phi) is 10.1. The second-order valence-corrected chi connectivity index (χ2v) is 7.97. The monoisotopic (exact) mass is 515 g/mol. The van der Waals surface area contributed by atoms with Crippen LogP contribution in [0.5, 0.6) is 23.0 Å². The van der Waals surface area contributed by atoms with Gasteiger partial charge in [0.05, 0.1) is 27.0 Å². The molecule has 0 heterocycles. The number of amides is 2. The van der Waals surface area contributed by atoms with Crippen molar-refractivity contribution in [2.24, 2.45) is 0 Å². The zero-order chi connectivity index (χ0) is 27.3. The largest absolute Gasteiger partial charge is 0.495 e. The zero-order valence-corrected chi connectivity index (χ0v) is 21.4. The molecule has 9 nitrogen and oxygen atoms in total. The molecular formula is C29H29N3O6. The molecule has 0 saturated heterocycles. The van der Waals surface area contributed by atoms with Gasteiger partial charge in [-0.25, -0.2) is 0 Å². The Labute approximate surface area is 221 Å². The van der Waals surface area contributed by atoms with Gasteiger partial charge in [0.2, 0.25) is 0 Å². The molecule has 0 saturated carbocycles. The molecule has 0 bridgehead atoms. The van der Waals surface area contributed by atoms with Crippen LogP contribution in [0.2, 0.25) is 0 Å². The highest BCUT2D eigenvalue weighted by atomic mass is 16.5. The molecule has 0 atom stereocenters. The minimum atomic E-state index is -0.471. The van der Waals surface area contributed by atoms with Crippen LogP contribution in [-0.4, -0.2) is 46.3 Å². The summed E-state index contributed by atoms with van der Waals surface area (Å²) in [6.07, 6.45) is 2.05. The fourth-order valence-electron chi connectivity index (χ4n) is 3.51. The van der Waals surface area contributed by atoms with Gasteiger partial charge in [-0.15, -0.1) is 0 Å². The number of nitrogens with one attached hydrogen (secondary N) is 2. The summed E-state index contributed by atoms with van der Waals surface area (Å²) in [6.45, 7) is 0.149. The molecule has 3 rings (SSSR count). The number of nitrogens with zero attached hydrogens (tertiary/aromatic N) is 1. The predicted octanol–water partition coefficient (Wildman–Crippen LogP) is 4.00. The number of anilines is 1. The molecule has 38 heavy (non-hydrogen) atoms. The predicted molar refractivity (Wildman–Crippen MR) is 143 cm³/mol. The van der Waals surface area contributed by atoms with Crippen molar-refractivity contribution in [1.82, 2.24) is 5.32 Å². The van der Waals surface area contributed by atoms with E-state index in [2.05, 4.69) is 10.6 Å². The summed E-state index contributed by atoms with van der Waals surface area (Å²) in [5, 5.41) is 15.0. The fourth-order valence-corrected chi connectivity index (χ4v) is 3.51. The van der Waals surface area contributed by atoms with Crippen molar-refractivity contribution in [1.29, 1.82) is 5.26 Å². The summed E-state index contributed by atoms with van der Waals surface area (Å²) < 4.78 is 21.3. The second kappa shape index (κ2) is 13.9. The van der Waals surface area contributed by atoms with Crippen LogP contribution in [0.4, 0.5) is 5.69 Å². The van der Waals surface area contributed by atoms with Gasteiger partial charge in [0, 0.05) is 6.54 Å². The van der Waals surface area contributed by atoms with E-state index in [4.69, 9.17) is 18.9 Å². The van der Waals surface area contributed by atoms with Crippen LogP contribution in [-0.2, 0) is 16.0 Å². The Morgan fingerprint density at radius 1 is 0.895 bits per heavy atom. The Morgan fingerprint density at radius 2 is 1.61 bits per heavy atom. The molecule has 0 aliphatic heterocycles. The van der Waals surface area contributed by atoms with Gasteiger partial charge in [-0.2, -0.15) is 5.26 Å². The van der Waals surface area contributed by atoms with Gasteiger partial charge in [0.15, 0.2) is 18.1 Å². The van der Waals surface area contributed by atoms with Crippen LogP contribution in [0.3, 0.4) is 0 Å². The highest BCUT2D eigenvalue weighted by Gasteiger charge is 2.11. The van der Waals surface area contributed by atoms with Gasteiger partial charge in [-0.05, 0) is 60.0 Å². The quantitative estimate of drug-likeness (QED) is 0.276. The third-order valence-electron chi connectivity index (χ3n) is 5.45. The molecule has 196 valence electrons. The first kappa shape index (κ1) is 27.6. The summed E-state index contributed by atoms with van der Waals surface area (Å²) in [6, 6.07) is 21.3. The number of hydrogen-bond acceptors (Lipinski definition) is 7. The third kappa shape index (κ3) is 7.77. The molecule has 2 amide bonds. The number of rotatable bonds is 12. The zero-order valence-electron chi connectivity index (χ0n) is 21.4. The molecule has 0 fully saturated rings. The number of methoxy groups -OCH3 is 3. The van der Waals surface area contributed by atoms with Crippen LogP contribution < -0.4 is 29.6 Å². The number of carbonyl (C=O) groups is 2. The lowest BCUT2D eigenvalue weighted by Crippen LogP contribution is -2.26. The first-order chi connectivity index (χ1) is 18.5. The molecule has 2 N–H and O–H groups in total. The molecule has 0 unspecified atom stereocenters. The molecule has 0 aromatic heterocycles. The second-order valence-electron chi connectivity index (χ2n) is 7.97. The maximum atomic E-state index is 12.5. The topological polar surface area (TPSA) is 119 Å². The lowest BCUT2D eigenvalue weighted by Gasteiger charge is -2.11. The summed E-state index contributed by atoms with van der Waals surface area (Å²) in [5.41, 5.74) is 2.12. The first-order valence-electron chi connectivity index (χ1n) is 11.7. The van der Waals surface area contributed by atoms with E-state index >= 15 is 0 Å². The van der Waals surface area contributed by atoms with Crippen molar-refractivity contribution in [3.63, 3.8) is 0 Å². The number of para-hydroxylation sites is 2. The Morgan fingerprint density at radius 3 is 2.29 bits per heavy atom. The van der Waals surface area contributed by atoms with Gasteiger partial charge in [0.1, 0.15) is 23.1 Å². The molecule has 9 heteroatoms. The highest BCUT2D eigenvalue weighted by Crippen LogP contribution is 2.27. The van der Waals surface area contributed by atoms with E-state index in [1.54, 1.807) is 62.8 Å². The Hall–Kier alpha value is -4.97. The molecular weight excluding hydrogens is 486 g/mol. The molecule has 0 aliphatic carbocycles. The maximum Gasteiger partial charge on any atom is 0.262 e. The van der Waals surface area contributed by atoms with E-state index < -0.39 is 5.91 Å². The van der Waals surface area contributed by atoms with Crippen molar-refractivity contribution in [3.8, 4) is 29.1 Å². The van der Waals surface area contributed by atoms with E-state index in [0.717, 1.165) is 5.56 Å². The molecule has 0 aliphatic rings. The minimum absolute atomic E-state index is 0.0258. The average Bonchev–Trinajstić information content (AvgIpc) is 2.95. The Bertz CT molecular complexity index is 1330. The van der Waals surface area contributed by atoms with E-state index in [0.29, 0.717) is 47.2 Å². The molecule has 0 radical (unpaired) electrons. The number of carbonyl (C=O) groups excluding carboxylic acids is 2. The summed E-state index contributed by atoms with van der Waals surface area (Å²) in [7, 11) is 4.66. The lowest BCUT2D eigenvalue weighted by molar-refractivity contribution is -0.118. The smallest absolute Gasteiger partial charge is 0.262 e. The van der Waals surface area contributed by atoms with Crippen molar-refractivity contribution < 1.29 is 28.5 Å². The lowest BCUT2D eigenvalue weighted by atomic mass is 10.1. The van der Waals surface area contributed by atoms with Crippen LogP contribution in [0.15, 0.2) is 72.3 Å². The van der Waals surface area contributed by atoms with E-state index in [1.807, 2.05) is 24.3 Å². The normalized spacial score (nSPS) is 10.6. The van der Waals surface area contributed by atoms with E-state index in [1.165, 1.54) is 13.2 Å². The molecule has 0 spiro atoms. The summed E-state index contributed by atoms with van der Waals surface area (Å²) in [5.74, 6) is 1.45. The van der Waals surface area contributed by atoms with Gasteiger partial charge in [-0.1, -0.05) is 30.3 Å². The maximum absolute atomic E-state index is 12.5. The SMILES string of the molecule is COc1ccccc1NC(=O)COc1ccc(/C=C(\C#N)C(=O)NCCc2ccc(OC)c(OC)c2)cc1. The highest BCUT2D eigenvalue weighted by molar-refractivity contribution is 6.01. The number of ether oxygens (including phenoxy) is 4. The fraction of sp³-hybridized carbons (Fsp3) is 0.207. The van der Waals surface area contributed by atoms with Crippen molar-refractivity contribution >= 4 is 23.6 Å². The van der Waals surface area contributed by atoms with Crippen LogP contribution >= 0.6 is 0 Å². The van der Waals surface area contributed by atoms with Crippen LogP contribution in [0.1, 0.15) is 11.1 Å². The van der Waals surface area contributed by atoms with Crippen molar-refractivity contribution in [3.05, 3.63) is 83.4 Å². The Balaban J connectivity index is 1.51. The first-order valence-corrected chi connectivity index (χ1v) is 11.7. The van der Waals surface area contributed by atoms with Gasteiger partial charge >= 0.3 is 0 Å². The third-order valence-corrected chi connectivity index (χ3v) is 5.45. The van der Waals surface area contributed by atoms with E-state index in [9.17, 15) is 14.9 Å². The van der Waals surface area contributed by atoms with Gasteiger partial charge in [0.25, 0.3) is 11.8 Å². The summed E-state index contributed by atoms with van der Waals surface area (Å²) in [4.78, 5) is 24.7. The summed E-state index contributed by atoms with van der Waals surface area (Å²) >= 11 is 0. The molecule has 3 aromatic rings. The molecule has 3 aromatic carbocycles. The van der Waals surface area contributed by atoms with Crippen LogP contribution in [0, 0.1) is 11.3 Å². The standard InChI is InChI=1S/C29H29N3O6/c1-35-25-7-5-4-6-24(25)32-28(33)19-38-23-11-8-20(9-12-23)16-22(18-30)29(34)31-15-14-21-10-13-26(36-2)27(17-21)37-3/h4-13,16-17H,14-15,19H2,1-3H3,(H,31,34)(H,32,33)/b22-16+. The number of hydrogen-bond donors (Lipinski definition) is 2. The number of benzene rings is 3. The average molecular weight is 516 g/mol. The van der Waals surface area contributed by atoms with Gasteiger partial charge < -0.3 is 29.6 Å². The van der Waals surface area contributed by atoms with Crippen molar-refractivity contribution in [2.75, 3.05) is 39.8 Å². The van der Waals surface area contributed by atoms with E-state index in [-0.39, 0.29) is 18.1 Å². The minimum Gasteiger partial charge on any atom is -0.495 e. The number of nitriles is 1. The van der Waals surface area contributed by atoms with Crippen LogP contribution in [0.25, 0.3) is 6.08 Å². The van der Waals surface area contributed by atoms with Gasteiger partial charge in [-0.3, -0.25) is 9.59 Å².